The summed E-state index contributed by atoms with van der Waals surface area (Å²) in [5, 5.41) is 0.492. The van der Waals surface area contributed by atoms with Crippen LogP contribution >= 0.6 is 22.6 Å². The van der Waals surface area contributed by atoms with Gasteiger partial charge in [-0.1, -0.05) is 0 Å². The Hall–Kier alpha value is -1.89. The lowest BCUT2D eigenvalue weighted by Gasteiger charge is -2.07. The van der Waals surface area contributed by atoms with Gasteiger partial charge in [0.2, 0.25) is 5.43 Å². The monoisotopic (exact) mass is 396 g/mol. The molecule has 0 atom stereocenters. The van der Waals surface area contributed by atoms with Crippen molar-refractivity contribution in [3.63, 3.8) is 0 Å². The fraction of sp³-hybridized carbons (Fsp3) is 0.0625. The number of hydrogen-bond acceptors (Lipinski definition) is 3. The highest BCUT2D eigenvalue weighted by Gasteiger charge is 2.14. The van der Waals surface area contributed by atoms with Crippen LogP contribution in [0.1, 0.15) is 0 Å². The van der Waals surface area contributed by atoms with Gasteiger partial charge in [-0.05, 0) is 59.0 Å². The predicted octanol–water partition coefficient (Wildman–Crippen LogP) is 4.21. The van der Waals surface area contributed by atoms with E-state index in [0.29, 0.717) is 31.6 Å². The maximum Gasteiger partial charge on any atom is 0.206 e. The van der Waals surface area contributed by atoms with Gasteiger partial charge in [0.15, 0.2) is 5.76 Å². The predicted molar refractivity (Wildman–Crippen MR) is 87.1 cm³/mol. The van der Waals surface area contributed by atoms with Crippen molar-refractivity contribution in [1.29, 1.82) is 0 Å². The maximum atomic E-state index is 13.0. The SMILES string of the molecule is COc1ccc2c(=O)c(I)c(-c3ccc(F)cc3)oc2c1. The highest BCUT2D eigenvalue weighted by molar-refractivity contribution is 14.1. The second kappa shape index (κ2) is 5.48. The van der Waals surface area contributed by atoms with Crippen LogP contribution in [-0.4, -0.2) is 7.11 Å². The van der Waals surface area contributed by atoms with Crippen LogP contribution in [0.25, 0.3) is 22.3 Å². The Labute approximate surface area is 133 Å². The average Bonchev–Trinajstić information content (AvgIpc) is 2.51. The maximum absolute atomic E-state index is 13.0. The molecule has 0 amide bonds. The van der Waals surface area contributed by atoms with Crippen LogP contribution < -0.4 is 10.2 Å². The highest BCUT2D eigenvalue weighted by Crippen LogP contribution is 2.28. The van der Waals surface area contributed by atoms with Crippen LogP contribution in [0.5, 0.6) is 5.75 Å². The van der Waals surface area contributed by atoms with Crippen LogP contribution in [0.2, 0.25) is 0 Å². The van der Waals surface area contributed by atoms with Gasteiger partial charge in [0.1, 0.15) is 20.7 Å². The van der Waals surface area contributed by atoms with E-state index in [9.17, 15) is 9.18 Å². The first-order valence-corrected chi connectivity index (χ1v) is 7.24. The molecule has 0 saturated heterocycles. The molecule has 3 aromatic rings. The fourth-order valence-corrected chi connectivity index (χ4v) is 2.78. The Morgan fingerprint density at radius 2 is 1.86 bits per heavy atom. The molecular formula is C16H10FIO3. The summed E-state index contributed by atoms with van der Waals surface area (Å²) in [6.07, 6.45) is 0. The first-order chi connectivity index (χ1) is 10.1. The Balaban J connectivity index is 2.30. The molecular weight excluding hydrogens is 386 g/mol. The quantitative estimate of drug-likeness (QED) is 0.610. The van der Waals surface area contributed by atoms with E-state index in [2.05, 4.69) is 0 Å². The van der Waals surface area contributed by atoms with E-state index >= 15 is 0 Å². The van der Waals surface area contributed by atoms with Crippen LogP contribution in [0, 0.1) is 9.39 Å². The lowest BCUT2D eigenvalue weighted by Crippen LogP contribution is -2.07. The Morgan fingerprint density at radius 3 is 2.52 bits per heavy atom. The summed E-state index contributed by atoms with van der Waals surface area (Å²) in [6.45, 7) is 0. The minimum Gasteiger partial charge on any atom is -0.497 e. The Morgan fingerprint density at radius 1 is 1.14 bits per heavy atom. The number of benzene rings is 2. The van der Waals surface area contributed by atoms with Crippen molar-refractivity contribution in [3.05, 3.63) is 62.1 Å². The number of fused-ring (bicyclic) bond motifs is 1. The van der Waals surface area contributed by atoms with Gasteiger partial charge in [0.25, 0.3) is 0 Å². The van der Waals surface area contributed by atoms with Gasteiger partial charge < -0.3 is 9.15 Å². The van der Waals surface area contributed by atoms with E-state index < -0.39 is 0 Å². The van der Waals surface area contributed by atoms with Gasteiger partial charge in [0.05, 0.1) is 12.5 Å². The number of halogens is 2. The topological polar surface area (TPSA) is 39.4 Å². The summed E-state index contributed by atoms with van der Waals surface area (Å²) in [5.74, 6) is 0.705. The summed E-state index contributed by atoms with van der Waals surface area (Å²) in [6, 6.07) is 10.9. The zero-order valence-electron chi connectivity index (χ0n) is 11.0. The molecule has 0 saturated carbocycles. The number of hydrogen-bond donors (Lipinski definition) is 0. The Bertz CT molecular complexity index is 869. The van der Waals surface area contributed by atoms with E-state index in [-0.39, 0.29) is 11.2 Å². The third-order valence-corrected chi connectivity index (χ3v) is 4.13. The molecule has 0 N–H and O–H groups in total. The lowest BCUT2D eigenvalue weighted by molar-refractivity contribution is 0.414. The average molecular weight is 396 g/mol. The lowest BCUT2D eigenvalue weighted by atomic mass is 10.1. The molecule has 0 aliphatic heterocycles. The summed E-state index contributed by atoms with van der Waals surface area (Å²) in [7, 11) is 1.55. The zero-order valence-corrected chi connectivity index (χ0v) is 13.2. The van der Waals surface area contributed by atoms with Gasteiger partial charge in [-0.25, -0.2) is 4.39 Å². The van der Waals surface area contributed by atoms with Crippen molar-refractivity contribution in [3.8, 4) is 17.1 Å². The molecule has 21 heavy (non-hydrogen) atoms. The van der Waals surface area contributed by atoms with Crippen molar-refractivity contribution < 1.29 is 13.5 Å². The standard InChI is InChI=1S/C16H10FIO3/c1-20-11-6-7-12-13(8-11)21-16(14(18)15(12)19)9-2-4-10(17)5-3-9/h2-8H,1H3. The minimum absolute atomic E-state index is 0.112. The van der Waals surface area contributed by atoms with Crippen molar-refractivity contribution in [2.75, 3.05) is 7.11 Å². The third kappa shape index (κ3) is 2.53. The van der Waals surface area contributed by atoms with Crippen molar-refractivity contribution in [1.82, 2.24) is 0 Å². The molecule has 0 radical (unpaired) electrons. The molecule has 106 valence electrons. The second-order valence-electron chi connectivity index (χ2n) is 4.44. The molecule has 0 bridgehead atoms. The van der Waals surface area contributed by atoms with Gasteiger partial charge >= 0.3 is 0 Å². The molecule has 0 aliphatic rings. The summed E-state index contributed by atoms with van der Waals surface area (Å²) in [5.41, 5.74) is 0.987. The van der Waals surface area contributed by atoms with Crippen LogP contribution in [0.3, 0.4) is 0 Å². The van der Waals surface area contributed by atoms with E-state index in [1.165, 1.54) is 12.1 Å². The van der Waals surface area contributed by atoms with Gasteiger partial charge in [-0.3, -0.25) is 4.79 Å². The van der Waals surface area contributed by atoms with Gasteiger partial charge in [-0.2, -0.15) is 0 Å². The first kappa shape index (κ1) is 14.1. The van der Waals surface area contributed by atoms with E-state index in [0.717, 1.165) is 0 Å². The summed E-state index contributed by atoms with van der Waals surface area (Å²) in [4.78, 5) is 12.4. The fourth-order valence-electron chi connectivity index (χ4n) is 2.06. The number of ether oxygens (including phenoxy) is 1. The molecule has 3 rings (SSSR count). The van der Waals surface area contributed by atoms with Crippen LogP contribution in [0.4, 0.5) is 4.39 Å². The molecule has 1 heterocycles. The summed E-state index contributed by atoms with van der Waals surface area (Å²) < 4.78 is 24.5. The molecule has 3 nitrogen and oxygen atoms in total. The highest BCUT2D eigenvalue weighted by atomic mass is 127. The molecule has 2 aromatic carbocycles. The molecule has 0 fully saturated rings. The molecule has 1 aromatic heterocycles. The molecule has 0 unspecified atom stereocenters. The molecule has 0 aliphatic carbocycles. The van der Waals surface area contributed by atoms with Gasteiger partial charge in [0, 0.05) is 11.6 Å². The minimum atomic E-state index is -0.335. The van der Waals surface area contributed by atoms with Gasteiger partial charge in [-0.15, -0.1) is 0 Å². The first-order valence-electron chi connectivity index (χ1n) is 6.16. The number of rotatable bonds is 2. The van der Waals surface area contributed by atoms with Crippen LogP contribution in [0.15, 0.2) is 51.7 Å². The van der Waals surface area contributed by atoms with Crippen molar-refractivity contribution >= 4 is 33.6 Å². The Kier molecular flexibility index (Phi) is 3.67. The van der Waals surface area contributed by atoms with E-state index in [4.69, 9.17) is 9.15 Å². The number of methoxy groups -OCH3 is 1. The zero-order chi connectivity index (χ0) is 15.0. The van der Waals surface area contributed by atoms with Crippen molar-refractivity contribution in [2.45, 2.75) is 0 Å². The van der Waals surface area contributed by atoms with E-state index in [1.54, 1.807) is 37.4 Å². The van der Waals surface area contributed by atoms with Crippen LogP contribution in [-0.2, 0) is 0 Å². The molecule has 5 heteroatoms. The summed E-state index contributed by atoms with van der Waals surface area (Å²) >= 11 is 1.95. The largest absolute Gasteiger partial charge is 0.497 e. The second-order valence-corrected chi connectivity index (χ2v) is 5.52. The molecule has 0 spiro atoms. The normalized spacial score (nSPS) is 10.8. The smallest absolute Gasteiger partial charge is 0.206 e. The third-order valence-electron chi connectivity index (χ3n) is 3.15. The van der Waals surface area contributed by atoms with Crippen molar-refractivity contribution in [2.24, 2.45) is 0 Å². The van der Waals surface area contributed by atoms with E-state index in [1.807, 2.05) is 22.6 Å².